The van der Waals surface area contributed by atoms with Gasteiger partial charge in [0.05, 0.1) is 0 Å². The third-order valence-corrected chi connectivity index (χ3v) is 5.58. The van der Waals surface area contributed by atoms with Gasteiger partial charge in [0.15, 0.2) is 5.82 Å². The van der Waals surface area contributed by atoms with E-state index in [4.69, 9.17) is 0 Å². The van der Waals surface area contributed by atoms with Crippen molar-refractivity contribution in [1.29, 1.82) is 0 Å². The molecule has 0 unspecified atom stereocenters. The van der Waals surface area contributed by atoms with Crippen molar-refractivity contribution >= 4 is 30.0 Å². The number of aromatic carboxylic acids is 1. The first-order valence-electron chi connectivity index (χ1n) is 10.4. The zero-order chi connectivity index (χ0) is 21.8. The minimum atomic E-state index is -1.14. The number of carbonyl (C=O) groups excluding carboxylic acids is 1. The van der Waals surface area contributed by atoms with Crippen LogP contribution in [0.5, 0.6) is 0 Å². The van der Waals surface area contributed by atoms with E-state index in [1.165, 1.54) is 27.9 Å². The van der Waals surface area contributed by atoms with Crippen molar-refractivity contribution in [2.24, 2.45) is 11.8 Å². The molecule has 2 aromatic rings. The van der Waals surface area contributed by atoms with Crippen molar-refractivity contribution in [1.82, 2.24) is 9.78 Å². The van der Waals surface area contributed by atoms with Gasteiger partial charge in [-0.15, -0.1) is 5.10 Å². The maximum absolute atomic E-state index is 13.3. The van der Waals surface area contributed by atoms with Gasteiger partial charge in [-0.1, -0.05) is 19.1 Å². The molecule has 6 nitrogen and oxygen atoms in total. The molecule has 160 valence electrons. The van der Waals surface area contributed by atoms with E-state index >= 15 is 0 Å². The van der Waals surface area contributed by atoms with Gasteiger partial charge in [0, 0.05) is 24.4 Å². The van der Waals surface area contributed by atoms with Gasteiger partial charge in [-0.25, -0.2) is 13.9 Å². The van der Waals surface area contributed by atoms with Crippen molar-refractivity contribution in [2.45, 2.75) is 52.5 Å². The van der Waals surface area contributed by atoms with Gasteiger partial charge in [0.25, 0.3) is 0 Å². The molecule has 7 heteroatoms. The Morgan fingerprint density at radius 2 is 1.83 bits per heavy atom. The largest absolute Gasteiger partial charge is 0.477 e. The molecular weight excluding hydrogens is 385 g/mol. The number of anilines is 1. The van der Waals surface area contributed by atoms with E-state index in [1.807, 2.05) is 13.8 Å². The first-order chi connectivity index (χ1) is 14.3. The molecule has 1 aliphatic carbocycles. The van der Waals surface area contributed by atoms with Crippen LogP contribution in [0.2, 0.25) is 0 Å². The highest BCUT2D eigenvalue weighted by molar-refractivity contribution is 6.01. The van der Waals surface area contributed by atoms with E-state index < -0.39 is 5.97 Å². The van der Waals surface area contributed by atoms with Crippen LogP contribution in [0.25, 0.3) is 12.3 Å². The normalized spacial score (nSPS) is 19.4. The molecule has 0 radical (unpaired) electrons. The Labute approximate surface area is 176 Å². The van der Waals surface area contributed by atoms with Gasteiger partial charge in [0.2, 0.25) is 5.91 Å². The Morgan fingerprint density at radius 3 is 2.40 bits per heavy atom. The van der Waals surface area contributed by atoms with E-state index in [0.29, 0.717) is 5.92 Å². The molecule has 1 amide bonds. The smallest absolute Gasteiger partial charge is 0.341 e. The predicted octanol–water partition coefficient (Wildman–Crippen LogP) is 4.92. The fourth-order valence-corrected chi connectivity index (χ4v) is 3.83. The van der Waals surface area contributed by atoms with Gasteiger partial charge in [-0.05, 0) is 69.2 Å². The second-order valence-corrected chi connectivity index (χ2v) is 8.28. The van der Waals surface area contributed by atoms with Crippen LogP contribution in [0.15, 0.2) is 30.5 Å². The molecule has 0 spiro atoms. The lowest BCUT2D eigenvalue weighted by Gasteiger charge is -2.32. The molecule has 0 bridgehead atoms. The molecule has 0 atom stereocenters. The van der Waals surface area contributed by atoms with Crippen LogP contribution in [-0.4, -0.2) is 32.8 Å². The number of halogens is 1. The summed E-state index contributed by atoms with van der Waals surface area (Å²) in [7, 11) is 0. The number of nitrogens with zero attached hydrogens (tertiary/aromatic N) is 3. The number of carboxylic acid groups (broad SMARTS) is 1. The van der Waals surface area contributed by atoms with Gasteiger partial charge >= 0.3 is 5.97 Å². The van der Waals surface area contributed by atoms with Crippen molar-refractivity contribution in [3.63, 3.8) is 0 Å². The minimum absolute atomic E-state index is 0.0232. The molecule has 1 saturated carbocycles. The molecule has 1 heterocycles. The zero-order valence-corrected chi connectivity index (χ0v) is 17.6. The highest BCUT2D eigenvalue weighted by Gasteiger charge is 2.33. The highest BCUT2D eigenvalue weighted by Crippen LogP contribution is 2.32. The van der Waals surface area contributed by atoms with Crippen LogP contribution in [0.3, 0.4) is 0 Å². The lowest BCUT2D eigenvalue weighted by Crippen LogP contribution is -2.43. The summed E-state index contributed by atoms with van der Waals surface area (Å²) >= 11 is 0. The van der Waals surface area contributed by atoms with Crippen molar-refractivity contribution < 1.29 is 19.1 Å². The average Bonchev–Trinajstić information content (AvgIpc) is 3.12. The fraction of sp³-hybridized carbons (Fsp3) is 0.435. The Morgan fingerprint density at radius 1 is 1.20 bits per heavy atom. The second kappa shape index (κ2) is 9.24. The Kier molecular flexibility index (Phi) is 6.70. The van der Waals surface area contributed by atoms with Crippen LogP contribution < -0.4 is 4.90 Å². The molecule has 30 heavy (non-hydrogen) atoms. The summed E-state index contributed by atoms with van der Waals surface area (Å²) in [4.78, 5) is 26.7. The summed E-state index contributed by atoms with van der Waals surface area (Å²) in [5.41, 5.74) is 0.725. The second-order valence-electron chi connectivity index (χ2n) is 8.28. The van der Waals surface area contributed by atoms with Crippen LogP contribution in [0, 0.1) is 17.7 Å². The predicted molar refractivity (Wildman–Crippen MR) is 115 cm³/mol. The zero-order valence-electron chi connectivity index (χ0n) is 17.6. The van der Waals surface area contributed by atoms with E-state index in [1.54, 1.807) is 24.4 Å². The van der Waals surface area contributed by atoms with Crippen LogP contribution in [0.4, 0.5) is 10.2 Å². The van der Waals surface area contributed by atoms with Gasteiger partial charge in [0.1, 0.15) is 11.4 Å². The van der Waals surface area contributed by atoms with Gasteiger partial charge < -0.3 is 5.11 Å². The molecule has 1 aliphatic rings. The number of aromatic nitrogens is 2. The number of carbonyl (C=O) groups is 2. The standard InChI is InChI=1S/C23H28FN3O3/c1-15(2)27(22(28)18-8-4-16(3)5-9-18)21-20(23(29)30)14-26(25-21)13-12-17-6-10-19(24)11-7-17/h6-7,10-16,18H,4-5,8-9H2,1-3H3,(H,29,30)/b13-12+. The van der Waals surface area contributed by atoms with Crippen LogP contribution in [-0.2, 0) is 4.79 Å². The SMILES string of the molecule is CC1CCC(C(=O)N(c2nn(/C=C/c3ccc(F)cc3)cc2C(=O)O)C(C)C)CC1. The van der Waals surface area contributed by atoms with E-state index in [2.05, 4.69) is 12.0 Å². The summed E-state index contributed by atoms with van der Waals surface area (Å²) in [6.45, 7) is 5.92. The number of hydrogen-bond donors (Lipinski definition) is 1. The number of benzene rings is 1. The minimum Gasteiger partial charge on any atom is -0.477 e. The molecule has 1 aromatic heterocycles. The topological polar surface area (TPSA) is 75.4 Å². The van der Waals surface area contributed by atoms with Crippen molar-refractivity contribution in [3.8, 4) is 0 Å². The third-order valence-electron chi connectivity index (χ3n) is 5.58. The quantitative estimate of drug-likeness (QED) is 0.730. The maximum atomic E-state index is 13.3. The Balaban J connectivity index is 1.90. The Bertz CT molecular complexity index is 926. The number of hydrogen-bond acceptors (Lipinski definition) is 3. The first-order valence-corrected chi connectivity index (χ1v) is 10.4. The Hall–Kier alpha value is -2.96. The third kappa shape index (κ3) is 4.96. The summed E-state index contributed by atoms with van der Waals surface area (Å²) in [6, 6.07) is 5.70. The van der Waals surface area contributed by atoms with Gasteiger partial charge in [-0.3, -0.25) is 9.69 Å². The van der Waals surface area contributed by atoms with E-state index in [-0.39, 0.29) is 35.1 Å². The summed E-state index contributed by atoms with van der Waals surface area (Å²) in [5, 5.41) is 14.1. The molecular formula is C23H28FN3O3. The van der Waals surface area contributed by atoms with Gasteiger partial charge in [-0.2, -0.15) is 0 Å². The monoisotopic (exact) mass is 413 g/mol. The van der Waals surface area contributed by atoms with Crippen molar-refractivity contribution in [3.05, 3.63) is 47.4 Å². The number of carboxylic acids is 1. The first kappa shape index (κ1) is 21.7. The number of amides is 1. The average molecular weight is 413 g/mol. The van der Waals surface area contributed by atoms with E-state index in [9.17, 15) is 19.1 Å². The highest BCUT2D eigenvalue weighted by atomic mass is 19.1. The van der Waals surface area contributed by atoms with Crippen LogP contribution in [0.1, 0.15) is 62.4 Å². The fourth-order valence-electron chi connectivity index (χ4n) is 3.83. The lowest BCUT2D eigenvalue weighted by molar-refractivity contribution is -0.123. The molecule has 0 aliphatic heterocycles. The molecule has 0 saturated heterocycles. The summed E-state index contributed by atoms with van der Waals surface area (Å²) in [6.07, 6.45) is 8.32. The van der Waals surface area contributed by atoms with Crippen molar-refractivity contribution in [2.75, 3.05) is 4.90 Å². The molecule has 1 N–H and O–H groups in total. The maximum Gasteiger partial charge on any atom is 0.341 e. The summed E-state index contributed by atoms with van der Waals surface area (Å²) < 4.78 is 14.4. The molecule has 1 fully saturated rings. The lowest BCUT2D eigenvalue weighted by atomic mass is 9.82. The van der Waals surface area contributed by atoms with E-state index in [0.717, 1.165) is 31.2 Å². The molecule has 3 rings (SSSR count). The van der Waals surface area contributed by atoms with Crippen LogP contribution >= 0.6 is 0 Å². The summed E-state index contributed by atoms with van der Waals surface area (Å²) in [5.74, 6) is -0.860. The molecule has 1 aromatic carbocycles. The number of rotatable bonds is 6.